The minimum absolute atomic E-state index is 0.0237. The lowest BCUT2D eigenvalue weighted by Gasteiger charge is -2.11. The minimum atomic E-state index is -0.733. The summed E-state index contributed by atoms with van der Waals surface area (Å²) in [6.45, 7) is -0.621. The van der Waals surface area contributed by atoms with Gasteiger partial charge in [-0.3, -0.25) is 4.79 Å². The highest BCUT2D eigenvalue weighted by Crippen LogP contribution is 2.30. The number of carbonyl (C=O) groups is 1. The van der Waals surface area contributed by atoms with Crippen molar-refractivity contribution in [3.8, 4) is 0 Å². The van der Waals surface area contributed by atoms with Crippen molar-refractivity contribution in [3.63, 3.8) is 0 Å². The van der Waals surface area contributed by atoms with Crippen LogP contribution < -0.4 is 0 Å². The third-order valence-corrected chi connectivity index (χ3v) is 1.60. The summed E-state index contributed by atoms with van der Waals surface area (Å²) in [4.78, 5) is 10.9. The van der Waals surface area contributed by atoms with Gasteiger partial charge in [-0.25, -0.2) is 0 Å². The van der Waals surface area contributed by atoms with E-state index in [1.165, 1.54) is 0 Å². The highest BCUT2D eigenvalue weighted by molar-refractivity contribution is 5.75. The zero-order valence-electron chi connectivity index (χ0n) is 6.19. The molecule has 2 N–H and O–H groups in total. The average molecular weight is 160 g/mol. The molecule has 0 aromatic carbocycles. The molecule has 1 saturated carbocycles. The van der Waals surface area contributed by atoms with Crippen molar-refractivity contribution in [3.05, 3.63) is 0 Å². The highest BCUT2D eigenvalue weighted by atomic mass is 16.6. The summed E-state index contributed by atoms with van der Waals surface area (Å²) < 4.78 is 4.73. The number of rotatable bonds is 4. The molecule has 0 saturated heterocycles. The maximum atomic E-state index is 10.9. The number of hydrogen-bond acceptors (Lipinski definition) is 4. The van der Waals surface area contributed by atoms with Crippen molar-refractivity contribution in [2.75, 3.05) is 13.2 Å². The molecule has 0 atom stereocenters. The molecule has 11 heavy (non-hydrogen) atoms. The number of hydrogen-bond donors (Lipinski definition) is 2. The Labute approximate surface area is 64.8 Å². The maximum Gasteiger partial charge on any atom is 0.309 e. The van der Waals surface area contributed by atoms with E-state index in [0.29, 0.717) is 0 Å². The fourth-order valence-corrected chi connectivity index (χ4v) is 0.712. The van der Waals surface area contributed by atoms with E-state index in [1.807, 2.05) is 0 Å². The van der Waals surface area contributed by atoms with Gasteiger partial charge in [0.25, 0.3) is 0 Å². The van der Waals surface area contributed by atoms with Gasteiger partial charge in [-0.15, -0.1) is 0 Å². The van der Waals surface area contributed by atoms with Crippen LogP contribution in [0.15, 0.2) is 0 Å². The van der Waals surface area contributed by atoms with E-state index in [0.717, 1.165) is 12.8 Å². The number of ether oxygens (including phenoxy) is 1. The Morgan fingerprint density at radius 3 is 2.36 bits per heavy atom. The zero-order chi connectivity index (χ0) is 8.27. The van der Waals surface area contributed by atoms with Crippen LogP contribution in [0, 0.1) is 5.92 Å². The second kappa shape index (κ2) is 3.69. The van der Waals surface area contributed by atoms with E-state index >= 15 is 0 Å². The Balaban J connectivity index is 2.20. The normalized spacial score (nSPS) is 17.0. The van der Waals surface area contributed by atoms with Crippen molar-refractivity contribution < 1.29 is 19.7 Å². The average Bonchev–Trinajstić information content (AvgIpc) is 2.81. The molecule has 0 aromatic heterocycles. The number of esters is 1. The molecule has 0 aliphatic heterocycles. The van der Waals surface area contributed by atoms with Crippen molar-refractivity contribution in [2.45, 2.75) is 18.9 Å². The number of aliphatic hydroxyl groups is 2. The second-order valence-corrected chi connectivity index (χ2v) is 2.70. The molecule has 0 unspecified atom stereocenters. The molecule has 0 radical (unpaired) electrons. The third kappa shape index (κ3) is 2.48. The molecule has 0 spiro atoms. The van der Waals surface area contributed by atoms with Crippen molar-refractivity contribution in [1.82, 2.24) is 0 Å². The first-order valence-corrected chi connectivity index (χ1v) is 3.70. The van der Waals surface area contributed by atoms with Crippen molar-refractivity contribution in [2.24, 2.45) is 5.92 Å². The predicted octanol–water partition coefficient (Wildman–Crippen LogP) is -0.707. The van der Waals surface area contributed by atoms with E-state index in [-0.39, 0.29) is 25.1 Å². The van der Waals surface area contributed by atoms with Gasteiger partial charge in [0.1, 0.15) is 6.10 Å². The van der Waals surface area contributed by atoms with Gasteiger partial charge in [0, 0.05) is 0 Å². The molecule has 64 valence electrons. The predicted molar refractivity (Wildman–Crippen MR) is 36.8 cm³/mol. The van der Waals surface area contributed by atoms with E-state index in [4.69, 9.17) is 14.9 Å². The standard InChI is InChI=1S/C7H12O4/c8-3-6(4-9)11-7(10)5-1-2-5/h5-6,8-9H,1-4H2. The SMILES string of the molecule is O=C(OC(CO)CO)C1CC1. The Morgan fingerprint density at radius 2 is 2.00 bits per heavy atom. The van der Waals surface area contributed by atoms with Crippen LogP contribution in [0.3, 0.4) is 0 Å². The molecule has 0 bridgehead atoms. The van der Waals surface area contributed by atoms with E-state index in [1.54, 1.807) is 0 Å². The maximum absolute atomic E-state index is 10.9. The van der Waals surface area contributed by atoms with Gasteiger partial charge in [0.15, 0.2) is 0 Å². The first kappa shape index (κ1) is 8.49. The molecule has 0 amide bonds. The molecule has 1 fully saturated rings. The third-order valence-electron chi connectivity index (χ3n) is 1.60. The lowest BCUT2D eigenvalue weighted by atomic mass is 10.4. The molecular formula is C7H12O4. The van der Waals surface area contributed by atoms with Crippen LogP contribution in [0.4, 0.5) is 0 Å². The Bertz CT molecular complexity index is 137. The Hall–Kier alpha value is -0.610. The molecule has 4 nitrogen and oxygen atoms in total. The number of carbonyl (C=O) groups excluding carboxylic acids is 1. The van der Waals surface area contributed by atoms with Crippen LogP contribution in [-0.2, 0) is 9.53 Å². The fraction of sp³-hybridized carbons (Fsp3) is 0.857. The molecule has 1 aliphatic carbocycles. The van der Waals surface area contributed by atoms with Crippen LogP contribution in [-0.4, -0.2) is 35.5 Å². The fourth-order valence-electron chi connectivity index (χ4n) is 0.712. The molecule has 0 aromatic rings. The second-order valence-electron chi connectivity index (χ2n) is 2.70. The van der Waals surface area contributed by atoms with Gasteiger partial charge in [0.05, 0.1) is 19.1 Å². The summed E-state index contributed by atoms with van der Waals surface area (Å²) in [7, 11) is 0. The van der Waals surface area contributed by atoms with Crippen LogP contribution in [0.25, 0.3) is 0 Å². The number of aliphatic hydroxyl groups excluding tert-OH is 2. The van der Waals surface area contributed by atoms with Crippen LogP contribution in [0.1, 0.15) is 12.8 Å². The minimum Gasteiger partial charge on any atom is -0.457 e. The molecule has 1 aliphatic rings. The largest absolute Gasteiger partial charge is 0.457 e. The Morgan fingerprint density at radius 1 is 1.45 bits per heavy atom. The van der Waals surface area contributed by atoms with E-state index in [2.05, 4.69) is 0 Å². The zero-order valence-corrected chi connectivity index (χ0v) is 6.19. The molecule has 0 heterocycles. The van der Waals surface area contributed by atoms with Crippen molar-refractivity contribution in [1.29, 1.82) is 0 Å². The lowest BCUT2D eigenvalue weighted by Crippen LogP contribution is -2.26. The Kier molecular flexibility index (Phi) is 2.84. The van der Waals surface area contributed by atoms with E-state index in [9.17, 15) is 4.79 Å². The monoisotopic (exact) mass is 160 g/mol. The summed E-state index contributed by atoms with van der Waals surface area (Å²) in [6, 6.07) is 0. The topological polar surface area (TPSA) is 66.8 Å². The van der Waals surface area contributed by atoms with Crippen LogP contribution >= 0.6 is 0 Å². The molecular weight excluding hydrogens is 148 g/mol. The van der Waals surface area contributed by atoms with Gasteiger partial charge in [-0.1, -0.05) is 0 Å². The van der Waals surface area contributed by atoms with Crippen LogP contribution in [0.2, 0.25) is 0 Å². The van der Waals surface area contributed by atoms with Gasteiger partial charge in [-0.2, -0.15) is 0 Å². The van der Waals surface area contributed by atoms with Gasteiger partial charge >= 0.3 is 5.97 Å². The van der Waals surface area contributed by atoms with Gasteiger partial charge in [0.2, 0.25) is 0 Å². The summed E-state index contributed by atoms with van der Waals surface area (Å²) in [6.07, 6.45) is 1.02. The molecule has 4 heteroatoms. The quantitative estimate of drug-likeness (QED) is 0.533. The van der Waals surface area contributed by atoms with Crippen LogP contribution in [0.5, 0.6) is 0 Å². The van der Waals surface area contributed by atoms with Crippen molar-refractivity contribution >= 4 is 5.97 Å². The first-order valence-electron chi connectivity index (χ1n) is 3.70. The summed E-state index contributed by atoms with van der Waals surface area (Å²) in [5.74, 6) is -0.270. The summed E-state index contributed by atoms with van der Waals surface area (Å²) in [5.41, 5.74) is 0. The summed E-state index contributed by atoms with van der Waals surface area (Å²) in [5, 5.41) is 17.1. The van der Waals surface area contributed by atoms with Gasteiger partial charge < -0.3 is 14.9 Å². The highest BCUT2D eigenvalue weighted by Gasteiger charge is 2.32. The lowest BCUT2D eigenvalue weighted by molar-refractivity contribution is -0.154. The molecule has 1 rings (SSSR count). The summed E-state index contributed by atoms with van der Waals surface area (Å²) >= 11 is 0. The first-order chi connectivity index (χ1) is 5.27. The smallest absolute Gasteiger partial charge is 0.309 e. The van der Waals surface area contributed by atoms with E-state index < -0.39 is 6.10 Å². The van der Waals surface area contributed by atoms with Gasteiger partial charge in [-0.05, 0) is 12.8 Å².